The summed E-state index contributed by atoms with van der Waals surface area (Å²) in [6, 6.07) is 11.8. The summed E-state index contributed by atoms with van der Waals surface area (Å²) in [6.45, 7) is 1.23. The molecule has 0 unspecified atom stereocenters. The van der Waals surface area contributed by atoms with E-state index in [0.717, 1.165) is 24.8 Å². The van der Waals surface area contributed by atoms with Crippen LogP contribution < -0.4 is 0 Å². The fourth-order valence-electron chi connectivity index (χ4n) is 3.89. The largest absolute Gasteiger partial charge is 0.366 e. The van der Waals surface area contributed by atoms with Crippen LogP contribution in [0, 0.1) is 16.7 Å². The number of morpholine rings is 1. The Morgan fingerprint density at radius 3 is 2.74 bits per heavy atom. The molecule has 1 saturated carbocycles. The van der Waals surface area contributed by atoms with Crippen molar-refractivity contribution < 1.29 is 14.1 Å². The van der Waals surface area contributed by atoms with Gasteiger partial charge < -0.3 is 14.2 Å². The molecule has 1 aliphatic heterocycles. The van der Waals surface area contributed by atoms with Gasteiger partial charge in [-0.2, -0.15) is 10.2 Å². The van der Waals surface area contributed by atoms with Crippen LogP contribution in [0.4, 0.5) is 0 Å². The molecule has 2 heterocycles. The first kappa shape index (κ1) is 17.7. The highest BCUT2D eigenvalue weighted by molar-refractivity contribution is 5.85. The van der Waals surface area contributed by atoms with Gasteiger partial charge in [0.05, 0.1) is 19.2 Å². The first-order valence-corrected chi connectivity index (χ1v) is 9.43. The number of rotatable bonds is 3. The summed E-state index contributed by atoms with van der Waals surface area (Å²) < 4.78 is 11.1. The highest BCUT2D eigenvalue weighted by atomic mass is 16.5. The minimum absolute atomic E-state index is 0.0789. The van der Waals surface area contributed by atoms with Gasteiger partial charge >= 0.3 is 0 Å². The molecule has 1 atom stereocenters. The molecule has 1 aromatic carbocycles. The molecule has 0 N–H and O–H groups in total. The van der Waals surface area contributed by atoms with E-state index in [1.807, 2.05) is 30.3 Å². The zero-order valence-electron chi connectivity index (χ0n) is 15.1. The monoisotopic (exact) mass is 366 g/mol. The van der Waals surface area contributed by atoms with Crippen molar-refractivity contribution in [1.82, 2.24) is 15.0 Å². The standard InChI is InChI=1S/C20H22N4O3/c21-14-20(9-5-2-6-10-20)19(25)24-11-12-26-16(13-24)17-22-18(27-23-17)15-7-3-1-4-8-15/h1,3-4,7-8,16H,2,5-6,9-13H2/t16-/m1/s1. The maximum Gasteiger partial charge on any atom is 0.258 e. The van der Waals surface area contributed by atoms with Crippen molar-refractivity contribution in [2.24, 2.45) is 5.41 Å². The smallest absolute Gasteiger partial charge is 0.258 e. The van der Waals surface area contributed by atoms with Crippen LogP contribution in [0.5, 0.6) is 0 Å². The maximum absolute atomic E-state index is 13.1. The minimum Gasteiger partial charge on any atom is -0.366 e. The van der Waals surface area contributed by atoms with E-state index in [-0.39, 0.29) is 5.91 Å². The zero-order chi connectivity index (χ0) is 18.7. The lowest BCUT2D eigenvalue weighted by Gasteiger charge is -2.38. The highest BCUT2D eigenvalue weighted by Gasteiger charge is 2.44. The number of hydrogen-bond acceptors (Lipinski definition) is 6. The van der Waals surface area contributed by atoms with Crippen LogP contribution in [-0.4, -0.2) is 40.6 Å². The average molecular weight is 366 g/mol. The molecule has 7 nitrogen and oxygen atoms in total. The molecule has 1 amide bonds. The van der Waals surface area contributed by atoms with Gasteiger partial charge in [-0.25, -0.2) is 0 Å². The Labute approximate surface area is 157 Å². The Bertz CT molecular complexity index is 836. The number of benzene rings is 1. The number of carbonyl (C=O) groups excluding carboxylic acids is 1. The van der Waals surface area contributed by atoms with Crippen molar-refractivity contribution in [3.8, 4) is 17.5 Å². The molecule has 2 fully saturated rings. The Morgan fingerprint density at radius 2 is 2.00 bits per heavy atom. The average Bonchev–Trinajstić information content (AvgIpc) is 3.25. The van der Waals surface area contributed by atoms with Gasteiger partial charge in [-0.3, -0.25) is 4.79 Å². The predicted octanol–water partition coefficient (Wildman–Crippen LogP) is 3.11. The predicted molar refractivity (Wildman–Crippen MR) is 96.1 cm³/mol. The lowest BCUT2D eigenvalue weighted by atomic mass is 9.74. The van der Waals surface area contributed by atoms with Gasteiger partial charge in [-0.15, -0.1) is 0 Å². The van der Waals surface area contributed by atoms with E-state index in [1.165, 1.54) is 0 Å². The molecule has 1 aliphatic carbocycles. The lowest BCUT2D eigenvalue weighted by Crippen LogP contribution is -2.49. The number of nitrogens with zero attached hydrogens (tertiary/aromatic N) is 4. The van der Waals surface area contributed by atoms with Crippen LogP contribution in [0.1, 0.15) is 44.0 Å². The summed E-state index contributed by atoms with van der Waals surface area (Å²) in [5.41, 5.74) is -0.0438. The quantitative estimate of drug-likeness (QED) is 0.829. The van der Waals surface area contributed by atoms with Crippen molar-refractivity contribution in [1.29, 1.82) is 5.26 Å². The van der Waals surface area contributed by atoms with Gasteiger partial charge in [0, 0.05) is 12.1 Å². The van der Waals surface area contributed by atoms with Crippen molar-refractivity contribution in [3.05, 3.63) is 36.2 Å². The third-order valence-electron chi connectivity index (χ3n) is 5.43. The molecule has 0 radical (unpaired) electrons. The second-order valence-electron chi connectivity index (χ2n) is 7.19. The molecule has 0 bridgehead atoms. The van der Waals surface area contributed by atoms with Crippen LogP contribution in [0.15, 0.2) is 34.9 Å². The zero-order valence-corrected chi connectivity index (χ0v) is 15.1. The Morgan fingerprint density at radius 1 is 1.22 bits per heavy atom. The van der Waals surface area contributed by atoms with Crippen LogP contribution in [0.2, 0.25) is 0 Å². The molecular formula is C20H22N4O3. The van der Waals surface area contributed by atoms with Crippen molar-refractivity contribution in [2.75, 3.05) is 19.7 Å². The summed E-state index contributed by atoms with van der Waals surface area (Å²) >= 11 is 0. The second-order valence-corrected chi connectivity index (χ2v) is 7.19. The number of carbonyl (C=O) groups is 1. The molecule has 1 saturated heterocycles. The molecule has 2 aromatic rings. The topological polar surface area (TPSA) is 92.2 Å². The van der Waals surface area contributed by atoms with Gasteiger partial charge in [0.15, 0.2) is 0 Å². The minimum atomic E-state index is -0.882. The molecule has 7 heteroatoms. The third-order valence-corrected chi connectivity index (χ3v) is 5.43. The summed E-state index contributed by atoms with van der Waals surface area (Å²) in [5.74, 6) is 0.782. The number of aromatic nitrogens is 2. The Hall–Kier alpha value is -2.72. The van der Waals surface area contributed by atoms with Crippen molar-refractivity contribution >= 4 is 5.91 Å². The van der Waals surface area contributed by atoms with Crippen LogP contribution in [-0.2, 0) is 9.53 Å². The van der Waals surface area contributed by atoms with Crippen LogP contribution in [0.3, 0.4) is 0 Å². The van der Waals surface area contributed by atoms with E-state index < -0.39 is 11.5 Å². The summed E-state index contributed by atoms with van der Waals surface area (Å²) in [6.07, 6.45) is 3.79. The van der Waals surface area contributed by atoms with Crippen molar-refractivity contribution in [2.45, 2.75) is 38.2 Å². The molecule has 2 aliphatic rings. The molecule has 27 heavy (non-hydrogen) atoms. The number of hydrogen-bond donors (Lipinski definition) is 0. The van der Waals surface area contributed by atoms with Gasteiger partial charge in [0.25, 0.3) is 5.89 Å². The SMILES string of the molecule is N#CC1(C(=O)N2CCO[C@@H](c3noc(-c4ccccc4)n3)C2)CCCCC1. The maximum atomic E-state index is 13.1. The van der Waals surface area contributed by atoms with E-state index in [2.05, 4.69) is 16.2 Å². The molecule has 140 valence electrons. The fourth-order valence-corrected chi connectivity index (χ4v) is 3.89. The number of amides is 1. The fraction of sp³-hybridized carbons (Fsp3) is 0.500. The molecular weight excluding hydrogens is 344 g/mol. The molecule has 4 rings (SSSR count). The summed E-state index contributed by atoms with van der Waals surface area (Å²) in [5, 5.41) is 13.7. The first-order chi connectivity index (χ1) is 13.2. The van der Waals surface area contributed by atoms with E-state index in [4.69, 9.17) is 9.26 Å². The first-order valence-electron chi connectivity index (χ1n) is 9.43. The second kappa shape index (κ2) is 7.49. The summed E-state index contributed by atoms with van der Waals surface area (Å²) in [4.78, 5) is 19.3. The van der Waals surface area contributed by atoms with Gasteiger partial charge in [-0.05, 0) is 25.0 Å². The third kappa shape index (κ3) is 3.45. The van der Waals surface area contributed by atoms with E-state index in [9.17, 15) is 10.1 Å². The number of nitriles is 1. The molecule has 1 aromatic heterocycles. The van der Waals surface area contributed by atoms with Gasteiger partial charge in [-0.1, -0.05) is 42.6 Å². The normalized spacial score (nSPS) is 22.2. The van der Waals surface area contributed by atoms with E-state index in [0.29, 0.717) is 44.3 Å². The Kier molecular flexibility index (Phi) is 4.90. The van der Waals surface area contributed by atoms with Crippen LogP contribution in [0.25, 0.3) is 11.5 Å². The van der Waals surface area contributed by atoms with Gasteiger partial charge in [0.1, 0.15) is 11.5 Å². The highest BCUT2D eigenvalue weighted by Crippen LogP contribution is 2.38. The molecule has 0 spiro atoms. The lowest BCUT2D eigenvalue weighted by molar-refractivity contribution is -0.148. The van der Waals surface area contributed by atoms with E-state index in [1.54, 1.807) is 4.90 Å². The Balaban J connectivity index is 1.49. The van der Waals surface area contributed by atoms with Gasteiger partial charge in [0.2, 0.25) is 11.7 Å². The summed E-state index contributed by atoms with van der Waals surface area (Å²) in [7, 11) is 0. The van der Waals surface area contributed by atoms with Crippen LogP contribution >= 0.6 is 0 Å². The van der Waals surface area contributed by atoms with Crippen molar-refractivity contribution in [3.63, 3.8) is 0 Å². The van der Waals surface area contributed by atoms with E-state index >= 15 is 0 Å². The number of ether oxygens (including phenoxy) is 1.